The van der Waals surface area contributed by atoms with E-state index in [1.165, 1.54) is 6.20 Å². The van der Waals surface area contributed by atoms with E-state index in [0.717, 1.165) is 28.1 Å². The predicted octanol–water partition coefficient (Wildman–Crippen LogP) is 4.93. The second kappa shape index (κ2) is 8.69. The van der Waals surface area contributed by atoms with Gasteiger partial charge in [-0.15, -0.1) is 0 Å². The SMILES string of the molecule is CCN(C(=O)c1cc(C(=O)Nc2c(C)cccc2C)ccn1)c1cccc(C)c1. The van der Waals surface area contributed by atoms with Crippen LogP contribution in [-0.2, 0) is 0 Å². The average Bonchev–Trinajstić information content (AvgIpc) is 2.71. The van der Waals surface area contributed by atoms with E-state index in [9.17, 15) is 9.59 Å². The molecule has 0 radical (unpaired) electrons. The smallest absolute Gasteiger partial charge is 0.276 e. The van der Waals surface area contributed by atoms with Crippen molar-refractivity contribution in [2.75, 3.05) is 16.8 Å². The number of amides is 2. The number of hydrogen-bond acceptors (Lipinski definition) is 3. The van der Waals surface area contributed by atoms with E-state index < -0.39 is 0 Å². The second-order valence-electron chi connectivity index (χ2n) is 7.04. The van der Waals surface area contributed by atoms with Gasteiger partial charge in [-0.25, -0.2) is 0 Å². The molecule has 148 valence electrons. The first-order chi connectivity index (χ1) is 13.9. The van der Waals surface area contributed by atoms with Crippen LogP contribution in [0, 0.1) is 20.8 Å². The summed E-state index contributed by atoms with van der Waals surface area (Å²) in [6, 6.07) is 16.8. The average molecular weight is 387 g/mol. The molecule has 0 saturated carbocycles. The minimum Gasteiger partial charge on any atom is -0.322 e. The summed E-state index contributed by atoms with van der Waals surface area (Å²) in [6.07, 6.45) is 1.50. The van der Waals surface area contributed by atoms with Crippen molar-refractivity contribution in [3.63, 3.8) is 0 Å². The van der Waals surface area contributed by atoms with Crippen LogP contribution >= 0.6 is 0 Å². The monoisotopic (exact) mass is 387 g/mol. The zero-order valence-electron chi connectivity index (χ0n) is 17.2. The number of carbonyl (C=O) groups excluding carboxylic acids is 2. The van der Waals surface area contributed by atoms with E-state index in [1.807, 2.05) is 70.2 Å². The zero-order valence-corrected chi connectivity index (χ0v) is 17.2. The summed E-state index contributed by atoms with van der Waals surface area (Å²) < 4.78 is 0. The molecule has 0 aliphatic carbocycles. The highest BCUT2D eigenvalue weighted by molar-refractivity contribution is 6.09. The number of anilines is 2. The first-order valence-electron chi connectivity index (χ1n) is 9.63. The number of nitrogens with zero attached hydrogens (tertiary/aromatic N) is 2. The molecular weight excluding hydrogens is 362 g/mol. The topological polar surface area (TPSA) is 62.3 Å². The highest BCUT2D eigenvalue weighted by atomic mass is 16.2. The number of nitrogens with one attached hydrogen (secondary N) is 1. The highest BCUT2D eigenvalue weighted by Crippen LogP contribution is 2.21. The predicted molar refractivity (Wildman–Crippen MR) is 117 cm³/mol. The zero-order chi connectivity index (χ0) is 21.0. The number of pyridine rings is 1. The lowest BCUT2D eigenvalue weighted by atomic mass is 10.1. The molecule has 3 aromatic rings. The summed E-state index contributed by atoms with van der Waals surface area (Å²) in [4.78, 5) is 31.7. The van der Waals surface area contributed by atoms with Gasteiger partial charge in [-0.3, -0.25) is 14.6 Å². The minimum atomic E-state index is -0.266. The van der Waals surface area contributed by atoms with Gasteiger partial charge in [-0.05, 0) is 68.7 Å². The highest BCUT2D eigenvalue weighted by Gasteiger charge is 2.19. The molecule has 0 aliphatic heterocycles. The van der Waals surface area contributed by atoms with E-state index >= 15 is 0 Å². The lowest BCUT2D eigenvalue weighted by Crippen LogP contribution is -2.31. The Morgan fingerprint density at radius 3 is 2.31 bits per heavy atom. The van der Waals surface area contributed by atoms with E-state index in [1.54, 1.807) is 17.0 Å². The number of para-hydroxylation sites is 1. The molecule has 0 bridgehead atoms. The Hall–Kier alpha value is -3.47. The summed E-state index contributed by atoms with van der Waals surface area (Å²) in [5.41, 5.74) is 5.28. The number of aromatic nitrogens is 1. The molecule has 0 unspecified atom stereocenters. The molecule has 1 heterocycles. The Balaban J connectivity index is 1.86. The summed E-state index contributed by atoms with van der Waals surface area (Å²) >= 11 is 0. The van der Waals surface area contributed by atoms with Crippen molar-refractivity contribution < 1.29 is 9.59 Å². The Morgan fingerprint density at radius 2 is 1.66 bits per heavy atom. The Bertz CT molecular complexity index is 1040. The number of aryl methyl sites for hydroxylation is 3. The minimum absolute atomic E-state index is 0.236. The van der Waals surface area contributed by atoms with Gasteiger partial charge in [0.2, 0.25) is 0 Å². The van der Waals surface area contributed by atoms with Gasteiger partial charge in [0.25, 0.3) is 11.8 Å². The van der Waals surface area contributed by atoms with E-state index in [4.69, 9.17) is 0 Å². The summed E-state index contributed by atoms with van der Waals surface area (Å²) in [5.74, 6) is -0.503. The van der Waals surface area contributed by atoms with Crippen LogP contribution in [-0.4, -0.2) is 23.3 Å². The fourth-order valence-corrected chi connectivity index (χ4v) is 3.26. The molecule has 1 N–H and O–H groups in total. The van der Waals surface area contributed by atoms with Crippen molar-refractivity contribution in [2.24, 2.45) is 0 Å². The van der Waals surface area contributed by atoms with Crippen LogP contribution in [0.1, 0.15) is 44.5 Å². The van der Waals surface area contributed by atoms with Crippen LogP contribution < -0.4 is 10.2 Å². The standard InChI is InChI=1S/C24H25N3O2/c1-5-27(20-11-6-8-16(2)14-20)24(29)21-15-19(12-13-25-21)23(28)26-22-17(3)9-7-10-18(22)4/h6-15H,5H2,1-4H3,(H,26,28). The van der Waals surface area contributed by atoms with Gasteiger partial charge in [-0.1, -0.05) is 30.3 Å². The maximum absolute atomic E-state index is 13.1. The van der Waals surface area contributed by atoms with Crippen molar-refractivity contribution >= 4 is 23.2 Å². The molecule has 0 saturated heterocycles. The largest absolute Gasteiger partial charge is 0.322 e. The van der Waals surface area contributed by atoms with Crippen molar-refractivity contribution in [3.05, 3.63) is 88.7 Å². The van der Waals surface area contributed by atoms with Crippen LogP contribution in [0.2, 0.25) is 0 Å². The maximum atomic E-state index is 13.1. The van der Waals surface area contributed by atoms with Gasteiger partial charge in [0.1, 0.15) is 5.69 Å². The first kappa shape index (κ1) is 20.3. The molecule has 1 aromatic heterocycles. The molecule has 2 amide bonds. The lowest BCUT2D eigenvalue weighted by molar-refractivity contribution is 0.0983. The Labute approximate surface area is 171 Å². The van der Waals surface area contributed by atoms with Crippen molar-refractivity contribution in [3.8, 4) is 0 Å². The third-order valence-electron chi connectivity index (χ3n) is 4.84. The fraction of sp³-hybridized carbons (Fsp3) is 0.208. The van der Waals surface area contributed by atoms with Crippen molar-refractivity contribution in [1.82, 2.24) is 4.98 Å². The van der Waals surface area contributed by atoms with Crippen molar-refractivity contribution in [2.45, 2.75) is 27.7 Å². The summed E-state index contributed by atoms with van der Waals surface area (Å²) in [5, 5.41) is 2.95. The molecule has 5 nitrogen and oxygen atoms in total. The maximum Gasteiger partial charge on any atom is 0.276 e. The third kappa shape index (κ3) is 4.51. The van der Waals surface area contributed by atoms with Crippen LogP contribution in [0.15, 0.2) is 60.8 Å². The molecule has 0 spiro atoms. The summed E-state index contributed by atoms with van der Waals surface area (Å²) in [7, 11) is 0. The first-order valence-corrected chi connectivity index (χ1v) is 9.63. The molecule has 0 atom stereocenters. The normalized spacial score (nSPS) is 10.5. The summed E-state index contributed by atoms with van der Waals surface area (Å²) in [6.45, 7) is 8.30. The van der Waals surface area contributed by atoms with Crippen LogP contribution in [0.3, 0.4) is 0 Å². The van der Waals surface area contributed by atoms with Gasteiger partial charge in [-0.2, -0.15) is 0 Å². The fourth-order valence-electron chi connectivity index (χ4n) is 3.26. The molecule has 0 fully saturated rings. The third-order valence-corrected chi connectivity index (χ3v) is 4.84. The number of hydrogen-bond donors (Lipinski definition) is 1. The van der Waals surface area contributed by atoms with Gasteiger partial charge < -0.3 is 10.2 Å². The van der Waals surface area contributed by atoms with Gasteiger partial charge in [0, 0.05) is 29.7 Å². The number of rotatable bonds is 5. The van der Waals surface area contributed by atoms with E-state index in [2.05, 4.69) is 10.3 Å². The number of benzene rings is 2. The van der Waals surface area contributed by atoms with E-state index in [0.29, 0.717) is 12.1 Å². The Kier molecular flexibility index (Phi) is 6.07. The van der Waals surface area contributed by atoms with Gasteiger partial charge >= 0.3 is 0 Å². The quantitative estimate of drug-likeness (QED) is 0.675. The molecule has 5 heteroatoms. The lowest BCUT2D eigenvalue weighted by Gasteiger charge is -2.21. The van der Waals surface area contributed by atoms with Gasteiger partial charge in [0.05, 0.1) is 0 Å². The molecular formula is C24H25N3O2. The molecule has 0 aliphatic rings. The second-order valence-corrected chi connectivity index (χ2v) is 7.04. The van der Waals surface area contributed by atoms with Crippen molar-refractivity contribution in [1.29, 1.82) is 0 Å². The van der Waals surface area contributed by atoms with Crippen LogP contribution in [0.4, 0.5) is 11.4 Å². The Morgan fingerprint density at radius 1 is 0.966 bits per heavy atom. The molecule has 2 aromatic carbocycles. The van der Waals surface area contributed by atoms with E-state index in [-0.39, 0.29) is 17.5 Å². The van der Waals surface area contributed by atoms with Crippen LogP contribution in [0.5, 0.6) is 0 Å². The molecule has 3 rings (SSSR count). The van der Waals surface area contributed by atoms with Crippen LogP contribution in [0.25, 0.3) is 0 Å². The molecule has 29 heavy (non-hydrogen) atoms. The number of carbonyl (C=O) groups is 2. The van der Waals surface area contributed by atoms with Gasteiger partial charge in [0.15, 0.2) is 0 Å².